The minimum atomic E-state index is -0.347. The summed E-state index contributed by atoms with van der Waals surface area (Å²) in [5.74, 6) is 1.35. The molecule has 7 heteroatoms. The Labute approximate surface area is 168 Å². The molecule has 1 fully saturated rings. The normalized spacial score (nSPS) is 17.4. The summed E-state index contributed by atoms with van der Waals surface area (Å²) in [6.07, 6.45) is 2.16. The van der Waals surface area contributed by atoms with E-state index in [2.05, 4.69) is 20.5 Å². The van der Waals surface area contributed by atoms with Gasteiger partial charge in [0.1, 0.15) is 6.10 Å². The molecule has 0 saturated carbocycles. The Morgan fingerprint density at radius 1 is 1.29 bits per heavy atom. The van der Waals surface area contributed by atoms with Crippen LogP contribution in [0.5, 0.6) is 5.75 Å². The quantitative estimate of drug-likeness (QED) is 0.472. The molecule has 1 aliphatic rings. The number of piperidine rings is 1. The highest BCUT2D eigenvalue weighted by Crippen LogP contribution is 2.17. The number of para-hydroxylation sites is 1. The Balaban J connectivity index is 1.75. The van der Waals surface area contributed by atoms with E-state index in [4.69, 9.17) is 9.47 Å². The number of benzene rings is 1. The smallest absolute Gasteiger partial charge is 0.191 e. The molecule has 1 aromatic carbocycles. The second-order valence-electron chi connectivity index (χ2n) is 7.24. The van der Waals surface area contributed by atoms with Crippen LogP contribution in [0.15, 0.2) is 29.3 Å². The van der Waals surface area contributed by atoms with Crippen LogP contribution >= 0.6 is 0 Å². The number of aliphatic imine (C=N–C) groups is 1. The molecule has 0 amide bonds. The molecular weight excluding hydrogens is 359 g/mol. The van der Waals surface area contributed by atoms with Gasteiger partial charge in [-0.3, -0.25) is 0 Å². The Morgan fingerprint density at radius 2 is 2.04 bits per heavy atom. The van der Waals surface area contributed by atoms with Crippen LogP contribution < -0.4 is 15.4 Å². The molecule has 0 aromatic heterocycles. The number of hydrogen-bond acceptors (Lipinski definition) is 4. The minimum absolute atomic E-state index is 0.212. The van der Waals surface area contributed by atoms with Gasteiger partial charge in [0, 0.05) is 26.7 Å². The number of halogens is 1. The summed E-state index contributed by atoms with van der Waals surface area (Å²) in [4.78, 5) is 7.06. The highest BCUT2D eigenvalue weighted by atomic mass is 19.1. The van der Waals surface area contributed by atoms with Crippen molar-refractivity contribution < 1.29 is 13.9 Å². The molecule has 1 atom stereocenters. The van der Waals surface area contributed by atoms with Crippen LogP contribution in [0.2, 0.25) is 0 Å². The Hall–Kier alpha value is -1.86. The maximum absolute atomic E-state index is 13.7. The van der Waals surface area contributed by atoms with E-state index in [9.17, 15) is 4.39 Å². The number of rotatable bonds is 10. The molecule has 0 radical (unpaired) electrons. The van der Waals surface area contributed by atoms with E-state index in [0.717, 1.165) is 45.3 Å². The number of likely N-dealkylation sites (tertiary alicyclic amines) is 1. The molecule has 1 aliphatic heterocycles. The first kappa shape index (κ1) is 22.4. The van der Waals surface area contributed by atoms with Crippen LogP contribution in [0.1, 0.15) is 26.7 Å². The average molecular weight is 395 g/mol. The second-order valence-corrected chi connectivity index (χ2v) is 7.24. The maximum atomic E-state index is 13.7. The van der Waals surface area contributed by atoms with Gasteiger partial charge in [-0.1, -0.05) is 12.1 Å². The van der Waals surface area contributed by atoms with Crippen LogP contribution in [0, 0.1) is 11.7 Å². The molecule has 1 aromatic rings. The molecule has 2 N–H and O–H groups in total. The van der Waals surface area contributed by atoms with Gasteiger partial charge in [-0.15, -0.1) is 0 Å². The van der Waals surface area contributed by atoms with Gasteiger partial charge in [-0.25, -0.2) is 9.38 Å². The number of guanidine groups is 1. The largest absolute Gasteiger partial charge is 0.486 e. The van der Waals surface area contributed by atoms with Gasteiger partial charge < -0.3 is 25.0 Å². The summed E-state index contributed by atoms with van der Waals surface area (Å²) in [7, 11) is 1.75. The molecule has 6 nitrogen and oxygen atoms in total. The number of ether oxygens (including phenoxy) is 2. The molecule has 28 heavy (non-hydrogen) atoms. The van der Waals surface area contributed by atoms with Crippen molar-refractivity contribution in [3.8, 4) is 5.75 Å². The molecule has 1 unspecified atom stereocenters. The van der Waals surface area contributed by atoms with Crippen LogP contribution in [-0.4, -0.2) is 69.9 Å². The summed E-state index contributed by atoms with van der Waals surface area (Å²) in [5.41, 5.74) is 0. The number of hydrogen-bond donors (Lipinski definition) is 2. The second kappa shape index (κ2) is 12.6. The molecule has 0 spiro atoms. The predicted molar refractivity (Wildman–Crippen MR) is 112 cm³/mol. The van der Waals surface area contributed by atoms with Gasteiger partial charge in [0.05, 0.1) is 13.2 Å². The predicted octanol–water partition coefficient (Wildman–Crippen LogP) is 2.51. The molecule has 2 rings (SSSR count). The van der Waals surface area contributed by atoms with Gasteiger partial charge in [0.15, 0.2) is 17.5 Å². The van der Waals surface area contributed by atoms with Crippen LogP contribution in [-0.2, 0) is 4.74 Å². The summed E-state index contributed by atoms with van der Waals surface area (Å²) in [6, 6.07) is 6.45. The minimum Gasteiger partial charge on any atom is -0.486 e. The van der Waals surface area contributed by atoms with Crippen molar-refractivity contribution in [1.82, 2.24) is 15.5 Å². The fourth-order valence-corrected chi connectivity index (χ4v) is 3.23. The van der Waals surface area contributed by atoms with Gasteiger partial charge in [-0.2, -0.15) is 0 Å². The Kier molecular flexibility index (Phi) is 10.1. The SMILES string of the molecule is CCNC(=NCC(C)Oc1ccccc1F)NCC1CCN(CCOC)CC1. The monoisotopic (exact) mass is 394 g/mol. The molecule has 1 saturated heterocycles. The first-order valence-corrected chi connectivity index (χ1v) is 10.3. The molecule has 158 valence electrons. The lowest BCUT2D eigenvalue weighted by molar-refractivity contribution is 0.121. The van der Waals surface area contributed by atoms with Crippen LogP contribution in [0.3, 0.4) is 0 Å². The van der Waals surface area contributed by atoms with Crippen molar-refractivity contribution in [3.05, 3.63) is 30.1 Å². The summed E-state index contributed by atoms with van der Waals surface area (Å²) >= 11 is 0. The van der Waals surface area contributed by atoms with Crippen LogP contribution in [0.25, 0.3) is 0 Å². The fraction of sp³-hybridized carbons (Fsp3) is 0.667. The Morgan fingerprint density at radius 3 is 2.71 bits per heavy atom. The van der Waals surface area contributed by atoms with E-state index in [-0.39, 0.29) is 17.7 Å². The first-order chi connectivity index (χ1) is 13.6. The Bertz CT molecular complexity index is 592. The van der Waals surface area contributed by atoms with Gasteiger partial charge in [0.2, 0.25) is 0 Å². The standard InChI is InChI=1S/C21H35FN4O2/c1-4-23-21(24-15-17(2)28-20-8-6-5-7-19(20)22)25-16-18-9-11-26(12-10-18)13-14-27-3/h5-8,17-18H,4,9-16H2,1-3H3,(H2,23,24,25). The van der Waals surface area contributed by atoms with Crippen molar-refractivity contribution in [2.45, 2.75) is 32.8 Å². The average Bonchev–Trinajstić information content (AvgIpc) is 2.71. The lowest BCUT2D eigenvalue weighted by Gasteiger charge is -2.32. The van der Waals surface area contributed by atoms with E-state index in [0.29, 0.717) is 12.5 Å². The van der Waals surface area contributed by atoms with Crippen molar-refractivity contribution in [1.29, 1.82) is 0 Å². The highest BCUT2D eigenvalue weighted by Gasteiger charge is 2.19. The van der Waals surface area contributed by atoms with Gasteiger partial charge in [0.25, 0.3) is 0 Å². The molecule has 0 aliphatic carbocycles. The van der Waals surface area contributed by atoms with Crippen LogP contribution in [0.4, 0.5) is 4.39 Å². The van der Waals surface area contributed by atoms with Crippen molar-refractivity contribution in [3.63, 3.8) is 0 Å². The third-order valence-corrected chi connectivity index (χ3v) is 4.89. The number of methoxy groups -OCH3 is 1. The summed E-state index contributed by atoms with van der Waals surface area (Å²) in [5, 5.41) is 6.72. The third kappa shape index (κ3) is 8.02. The lowest BCUT2D eigenvalue weighted by Crippen LogP contribution is -2.43. The zero-order valence-corrected chi connectivity index (χ0v) is 17.4. The zero-order valence-electron chi connectivity index (χ0n) is 17.4. The van der Waals surface area contributed by atoms with Gasteiger partial charge >= 0.3 is 0 Å². The van der Waals surface area contributed by atoms with E-state index in [1.807, 2.05) is 13.8 Å². The summed E-state index contributed by atoms with van der Waals surface area (Å²) in [6.45, 7) is 10.2. The maximum Gasteiger partial charge on any atom is 0.191 e. The third-order valence-electron chi connectivity index (χ3n) is 4.89. The van der Waals surface area contributed by atoms with E-state index in [1.165, 1.54) is 18.9 Å². The highest BCUT2D eigenvalue weighted by molar-refractivity contribution is 5.79. The van der Waals surface area contributed by atoms with E-state index < -0.39 is 0 Å². The first-order valence-electron chi connectivity index (χ1n) is 10.3. The van der Waals surface area contributed by atoms with E-state index in [1.54, 1.807) is 25.3 Å². The van der Waals surface area contributed by atoms with E-state index >= 15 is 0 Å². The molecule has 1 heterocycles. The van der Waals surface area contributed by atoms with Crippen molar-refractivity contribution in [2.75, 3.05) is 53.0 Å². The van der Waals surface area contributed by atoms with Gasteiger partial charge in [-0.05, 0) is 57.8 Å². The van der Waals surface area contributed by atoms with Crippen molar-refractivity contribution in [2.24, 2.45) is 10.9 Å². The fourth-order valence-electron chi connectivity index (χ4n) is 3.23. The molecule has 0 bridgehead atoms. The summed E-state index contributed by atoms with van der Waals surface area (Å²) < 4.78 is 24.5. The number of nitrogens with zero attached hydrogens (tertiary/aromatic N) is 2. The molecular formula is C21H35FN4O2. The zero-order chi connectivity index (χ0) is 20.2. The lowest BCUT2D eigenvalue weighted by atomic mass is 9.97. The topological polar surface area (TPSA) is 58.1 Å². The van der Waals surface area contributed by atoms with Crippen molar-refractivity contribution >= 4 is 5.96 Å². The number of nitrogens with one attached hydrogen (secondary N) is 2.